The van der Waals surface area contributed by atoms with Crippen molar-refractivity contribution in [2.24, 2.45) is 10.9 Å². The van der Waals surface area contributed by atoms with Crippen molar-refractivity contribution in [2.45, 2.75) is 18.3 Å². The summed E-state index contributed by atoms with van der Waals surface area (Å²) in [5, 5.41) is 16.8. The van der Waals surface area contributed by atoms with E-state index in [1.165, 1.54) is 34.1 Å². The first kappa shape index (κ1) is 45.5. The van der Waals surface area contributed by atoms with Crippen LogP contribution in [0.4, 0.5) is 32.0 Å². The Morgan fingerprint density at radius 3 is 1.94 bits per heavy atom. The number of nitrogens with zero attached hydrogens (tertiary/aromatic N) is 3. The molecule has 1 aromatic carbocycles. The van der Waals surface area contributed by atoms with E-state index >= 15 is 0 Å². The third kappa shape index (κ3) is 7.82. The number of rotatable bonds is 8. The smallest absolute Gasteiger partial charge is 0.434 e. The zero-order chi connectivity index (χ0) is 47.6. The quantitative estimate of drug-likeness (QED) is 0.0734. The van der Waals surface area contributed by atoms with Crippen molar-refractivity contribution in [3.63, 3.8) is 0 Å². The van der Waals surface area contributed by atoms with Crippen molar-refractivity contribution >= 4 is 75.0 Å². The first-order valence-corrected chi connectivity index (χ1v) is 20.6. The molecule has 4 N–H and O–H groups in total. The third-order valence-electron chi connectivity index (χ3n) is 11.3. The average molecular weight is 958 g/mol. The molecule has 0 unspecified atom stereocenters. The Labute approximate surface area is 378 Å². The van der Waals surface area contributed by atoms with Crippen LogP contribution in [0, 0.1) is 5.92 Å². The van der Waals surface area contributed by atoms with Crippen molar-refractivity contribution in [3.8, 4) is 5.75 Å². The summed E-state index contributed by atoms with van der Waals surface area (Å²) in [6.45, 7) is -0.146. The number of likely N-dealkylation sites (tertiary alicyclic amines) is 1. The van der Waals surface area contributed by atoms with E-state index in [4.69, 9.17) is 23.2 Å². The largest absolute Gasteiger partial charge is 0.506 e. The maximum Gasteiger partial charge on any atom is 0.434 e. The Kier molecular flexibility index (Phi) is 11.8. The first-order valence-electron chi connectivity index (χ1n) is 19.5. The number of allylic oxidation sites excluding steroid dienone is 11. The highest BCUT2D eigenvalue weighted by molar-refractivity contribution is 6.54. The van der Waals surface area contributed by atoms with Crippen molar-refractivity contribution in [2.75, 3.05) is 44.0 Å². The van der Waals surface area contributed by atoms with Gasteiger partial charge in [-0.3, -0.25) is 14.4 Å². The predicted molar refractivity (Wildman–Crippen MR) is 227 cm³/mol. The van der Waals surface area contributed by atoms with Gasteiger partial charge < -0.3 is 40.0 Å². The topological polar surface area (TPSA) is 183 Å². The van der Waals surface area contributed by atoms with E-state index in [9.17, 15) is 55.4 Å². The molecule has 0 radical (unpaired) electrons. The van der Waals surface area contributed by atoms with Gasteiger partial charge in [0.2, 0.25) is 5.78 Å². The number of ketones is 1. The average Bonchev–Trinajstić information content (AvgIpc) is 4.08. The zero-order valence-corrected chi connectivity index (χ0v) is 35.6. The molecule has 66 heavy (non-hydrogen) atoms. The molecule has 5 aliphatic heterocycles. The van der Waals surface area contributed by atoms with E-state index in [1.807, 2.05) is 0 Å². The Morgan fingerprint density at radius 1 is 0.848 bits per heavy atom. The number of aromatic amines is 1. The number of fused-ring (bicyclic) bond motifs is 5. The number of aliphatic imine (C=N–C) groups is 1. The number of aromatic hydroxyl groups is 1. The highest BCUT2D eigenvalue weighted by atomic mass is 35.5. The van der Waals surface area contributed by atoms with Gasteiger partial charge in [-0.1, -0.05) is 12.2 Å². The molecule has 0 bridgehead atoms. The van der Waals surface area contributed by atoms with Crippen molar-refractivity contribution in [1.82, 2.24) is 20.5 Å². The zero-order valence-electron chi connectivity index (χ0n) is 34.1. The number of phenolic OH excluding ortho intramolecular Hbond substituents is 1. The molecule has 22 heteroatoms. The number of carbonyl (C=O) groups excluding carboxylic acids is 5. The van der Waals surface area contributed by atoms with Gasteiger partial charge in [0.25, 0.3) is 11.8 Å². The van der Waals surface area contributed by atoms with E-state index in [2.05, 4.69) is 30.1 Å². The van der Waals surface area contributed by atoms with Crippen LogP contribution >= 0.6 is 23.2 Å². The molecular formula is C44H32Cl2F6N6O8. The number of H-pyrrole nitrogens is 1. The Balaban J connectivity index is 0.944. The molecule has 1 saturated heterocycles. The standard InChI is InChI=1S/C44H32Cl2F6N6O8/c1-65-41(63)35-33-31-21(13-45)17-57(25(31)11-27(59)37(33)55-39(35)43(47,48)49)29(61)9-5-19-3-7-23(53-15-19)24-8-4-20(16-54-24)6-10-30(62)58-18-22(14-46)32-26(58)12-28(60)38-34(32)36(42(64)66-2)40(56-38)44(50,51)52/h3-12,15-16,21-22,53-55,59H,13-14,17-18H2,1-2H3/b9-5+,10-6+,24-23-/t21-,22-/m1/s1. The van der Waals surface area contributed by atoms with Crippen LogP contribution in [0.3, 0.4) is 0 Å². The van der Waals surface area contributed by atoms with E-state index in [0.717, 1.165) is 26.4 Å². The van der Waals surface area contributed by atoms with Crippen LogP contribution in [0.2, 0.25) is 0 Å². The fraction of sp³-hybridized carbons (Fsp3) is 0.227. The fourth-order valence-electron chi connectivity index (χ4n) is 8.39. The third-order valence-corrected chi connectivity index (χ3v) is 12.1. The lowest BCUT2D eigenvalue weighted by molar-refractivity contribution is -0.141. The van der Waals surface area contributed by atoms with E-state index in [-0.39, 0.29) is 63.8 Å². The van der Waals surface area contributed by atoms with Crippen molar-refractivity contribution < 1.29 is 64.9 Å². The Hall–Kier alpha value is -7.06. The number of phenols is 1. The number of hydrogen-bond acceptors (Lipinski definition) is 11. The summed E-state index contributed by atoms with van der Waals surface area (Å²) >= 11 is 12.4. The number of alkyl halides is 8. The molecule has 14 nitrogen and oxygen atoms in total. The summed E-state index contributed by atoms with van der Waals surface area (Å²) in [4.78, 5) is 73.5. The number of hydrogen-bond donors (Lipinski definition) is 4. The number of anilines is 1. The molecule has 0 saturated carbocycles. The van der Waals surface area contributed by atoms with Crippen molar-refractivity contribution in [3.05, 3.63) is 141 Å². The summed E-state index contributed by atoms with van der Waals surface area (Å²) in [6.07, 6.45) is 6.30. The number of ether oxygens (including phenoxy) is 2. The van der Waals surface area contributed by atoms with Gasteiger partial charge in [-0.25, -0.2) is 14.6 Å². The minimum Gasteiger partial charge on any atom is -0.506 e. The lowest BCUT2D eigenvalue weighted by Crippen LogP contribution is -2.29. The monoisotopic (exact) mass is 956 g/mol. The minimum atomic E-state index is -5.09. The Bertz CT molecular complexity index is 2930. The number of amides is 2. The number of dihydropyridines is 2. The number of nitrogens with one attached hydrogen (secondary N) is 3. The number of benzene rings is 1. The van der Waals surface area contributed by atoms with Gasteiger partial charge in [-0.15, -0.1) is 23.2 Å². The molecule has 342 valence electrons. The van der Waals surface area contributed by atoms with Crippen LogP contribution in [-0.2, 0) is 34.8 Å². The number of halogens is 8. The number of carbonyl (C=O) groups is 5. The van der Waals surface area contributed by atoms with Gasteiger partial charge in [0, 0.05) is 84.3 Å². The molecule has 2 aromatic rings. The van der Waals surface area contributed by atoms with Gasteiger partial charge in [0.1, 0.15) is 22.7 Å². The molecule has 6 heterocycles. The second-order valence-corrected chi connectivity index (χ2v) is 15.8. The molecule has 8 rings (SSSR count). The van der Waals surface area contributed by atoms with Gasteiger partial charge >= 0.3 is 24.3 Å². The second-order valence-electron chi connectivity index (χ2n) is 15.1. The van der Waals surface area contributed by atoms with Crippen LogP contribution in [0.1, 0.15) is 27.5 Å². The highest BCUT2D eigenvalue weighted by Crippen LogP contribution is 2.50. The van der Waals surface area contributed by atoms with Gasteiger partial charge in [-0.05, 0) is 46.6 Å². The predicted octanol–water partition coefficient (Wildman–Crippen LogP) is 6.66. The van der Waals surface area contributed by atoms with E-state index < -0.39 is 87.7 Å². The number of methoxy groups -OCH3 is 2. The maximum absolute atomic E-state index is 14.0. The first-order chi connectivity index (χ1) is 31.3. The maximum atomic E-state index is 14.0. The Morgan fingerprint density at radius 2 is 1.42 bits per heavy atom. The normalized spacial score (nSPS) is 21.5. The van der Waals surface area contributed by atoms with Gasteiger partial charge in [0.15, 0.2) is 5.70 Å². The van der Waals surface area contributed by atoms with Crippen LogP contribution in [0.5, 0.6) is 5.75 Å². The molecule has 0 spiro atoms. The second kappa shape index (κ2) is 17.1. The van der Waals surface area contributed by atoms with E-state index in [1.54, 1.807) is 36.7 Å². The molecule has 1 aromatic heterocycles. The molecule has 1 fully saturated rings. The molecule has 2 atom stereocenters. The number of aromatic nitrogens is 1. The number of esters is 2. The SMILES string of the molecule is COC(=O)C1=C(C(F)(F)F)N=C2C(=O)C=C3C(=C21)[C@H](CCl)CN3C(=O)/C=C/C1=CN/C(=C2/C=CC(/C=C/C(=O)N3C[C@@H](CCl)c4c3cc(O)c3[nH]c(C(F)(F)F)c(C(=O)OC)c43)=CN2)C=C1. The van der Waals surface area contributed by atoms with Crippen LogP contribution < -0.4 is 15.5 Å². The molecule has 2 amide bonds. The molecule has 1 aliphatic carbocycles. The lowest BCUT2D eigenvalue weighted by Gasteiger charge is -2.21. The summed E-state index contributed by atoms with van der Waals surface area (Å²) in [5.74, 6) is -7.11. The minimum absolute atomic E-state index is 0.000589. The van der Waals surface area contributed by atoms with Crippen LogP contribution in [0.15, 0.2) is 129 Å². The summed E-state index contributed by atoms with van der Waals surface area (Å²) < 4.78 is 93.2. The van der Waals surface area contributed by atoms with Crippen LogP contribution in [-0.4, -0.2) is 95.5 Å². The van der Waals surface area contributed by atoms with Gasteiger partial charge in [0.05, 0.1) is 48.1 Å². The van der Waals surface area contributed by atoms with Crippen LogP contribution in [0.25, 0.3) is 10.9 Å². The lowest BCUT2D eigenvalue weighted by atomic mass is 9.84. The van der Waals surface area contributed by atoms with E-state index in [0.29, 0.717) is 22.5 Å². The molecular weight excluding hydrogens is 925 g/mol. The highest BCUT2D eigenvalue weighted by Gasteiger charge is 2.51. The fourth-order valence-corrected chi connectivity index (χ4v) is 8.89. The van der Waals surface area contributed by atoms with Gasteiger partial charge in [-0.2, -0.15) is 26.3 Å². The summed E-state index contributed by atoms with van der Waals surface area (Å²) in [5.41, 5.74) is -3.37. The molecule has 6 aliphatic rings. The summed E-state index contributed by atoms with van der Waals surface area (Å²) in [6, 6.07) is 1.14. The summed E-state index contributed by atoms with van der Waals surface area (Å²) in [7, 11) is 1.82. The van der Waals surface area contributed by atoms with Crippen molar-refractivity contribution in [1.29, 1.82) is 0 Å².